The normalized spacial score (nSPS) is 9.81. The Kier molecular flexibility index (Phi) is 8.96. The number of nitrogens with zero attached hydrogens (tertiary/aromatic N) is 1. The van der Waals surface area contributed by atoms with Crippen LogP contribution in [-0.4, -0.2) is 42.7 Å². The first kappa shape index (κ1) is 19.7. The first-order valence-electron chi connectivity index (χ1n) is 6.15. The highest BCUT2D eigenvalue weighted by atomic mass is 35.5. The highest BCUT2D eigenvalue weighted by molar-refractivity contribution is 5.94. The molecular formula is C13H20Cl2N4O2. The maximum absolute atomic E-state index is 11.7. The number of H-pyrrole nitrogens is 1. The standard InChI is InChI=1S/C13H18N4O2.2ClH/c1-9-15-11-4-3-10(7-12(11)16-9)17-13(18)8-14-5-6-19-2;;/h3-4,7,14H,5-6,8H2,1-2H3,(H,15,16)(H,17,18);2*1H. The zero-order valence-electron chi connectivity index (χ0n) is 11.9. The van der Waals surface area contributed by atoms with Gasteiger partial charge in [0.25, 0.3) is 0 Å². The molecule has 0 saturated carbocycles. The summed E-state index contributed by atoms with van der Waals surface area (Å²) in [6.07, 6.45) is 0. The summed E-state index contributed by atoms with van der Waals surface area (Å²) in [6, 6.07) is 5.60. The second kappa shape index (κ2) is 9.57. The smallest absolute Gasteiger partial charge is 0.238 e. The van der Waals surface area contributed by atoms with E-state index in [0.717, 1.165) is 22.5 Å². The Morgan fingerprint density at radius 2 is 2.14 bits per heavy atom. The van der Waals surface area contributed by atoms with Gasteiger partial charge in [-0.25, -0.2) is 4.98 Å². The van der Waals surface area contributed by atoms with Crippen molar-refractivity contribution in [3.05, 3.63) is 24.0 Å². The lowest BCUT2D eigenvalue weighted by atomic mass is 10.2. The van der Waals surface area contributed by atoms with Gasteiger partial charge in [0.05, 0.1) is 24.2 Å². The largest absolute Gasteiger partial charge is 0.383 e. The second-order valence-electron chi connectivity index (χ2n) is 4.27. The van der Waals surface area contributed by atoms with E-state index in [-0.39, 0.29) is 37.3 Å². The number of rotatable bonds is 6. The molecule has 118 valence electrons. The zero-order chi connectivity index (χ0) is 13.7. The third-order valence-electron chi connectivity index (χ3n) is 2.65. The van der Waals surface area contributed by atoms with E-state index < -0.39 is 0 Å². The molecule has 2 rings (SSSR count). The van der Waals surface area contributed by atoms with E-state index in [9.17, 15) is 4.79 Å². The van der Waals surface area contributed by atoms with Crippen molar-refractivity contribution in [2.45, 2.75) is 6.92 Å². The SMILES string of the molecule is COCCNCC(=O)Nc1ccc2nc(C)[nH]c2c1.Cl.Cl. The van der Waals surface area contributed by atoms with Crippen molar-refractivity contribution < 1.29 is 9.53 Å². The lowest BCUT2D eigenvalue weighted by Crippen LogP contribution is -2.30. The number of nitrogens with one attached hydrogen (secondary N) is 3. The third kappa shape index (κ3) is 5.89. The number of carbonyl (C=O) groups excluding carboxylic acids is 1. The number of carbonyl (C=O) groups is 1. The van der Waals surface area contributed by atoms with E-state index in [1.165, 1.54) is 0 Å². The summed E-state index contributed by atoms with van der Waals surface area (Å²) in [5, 5.41) is 5.82. The minimum absolute atomic E-state index is 0. The molecule has 0 saturated heterocycles. The number of amides is 1. The van der Waals surface area contributed by atoms with Gasteiger partial charge in [0.2, 0.25) is 5.91 Å². The van der Waals surface area contributed by atoms with Crippen LogP contribution in [0.5, 0.6) is 0 Å². The number of hydrogen-bond donors (Lipinski definition) is 3. The van der Waals surface area contributed by atoms with Crippen molar-refractivity contribution >= 4 is 47.4 Å². The van der Waals surface area contributed by atoms with Gasteiger partial charge < -0.3 is 20.4 Å². The lowest BCUT2D eigenvalue weighted by molar-refractivity contribution is -0.115. The number of methoxy groups -OCH3 is 1. The first-order valence-corrected chi connectivity index (χ1v) is 6.15. The molecule has 0 atom stereocenters. The number of hydrogen-bond acceptors (Lipinski definition) is 4. The van der Waals surface area contributed by atoms with Gasteiger partial charge >= 0.3 is 0 Å². The number of halogens is 2. The van der Waals surface area contributed by atoms with E-state index in [1.54, 1.807) is 7.11 Å². The first-order chi connectivity index (χ1) is 9.19. The molecule has 0 spiro atoms. The summed E-state index contributed by atoms with van der Waals surface area (Å²) in [5.74, 6) is 0.784. The molecule has 2 aromatic rings. The molecule has 1 amide bonds. The molecule has 0 unspecified atom stereocenters. The lowest BCUT2D eigenvalue weighted by Gasteiger charge is -2.06. The van der Waals surface area contributed by atoms with E-state index in [1.807, 2.05) is 25.1 Å². The Morgan fingerprint density at radius 1 is 1.38 bits per heavy atom. The highest BCUT2D eigenvalue weighted by Crippen LogP contribution is 2.16. The molecule has 0 radical (unpaired) electrons. The van der Waals surface area contributed by atoms with E-state index in [0.29, 0.717) is 13.2 Å². The highest BCUT2D eigenvalue weighted by Gasteiger charge is 2.04. The second-order valence-corrected chi connectivity index (χ2v) is 4.27. The Labute approximate surface area is 135 Å². The van der Waals surface area contributed by atoms with E-state index in [2.05, 4.69) is 20.6 Å². The summed E-state index contributed by atoms with van der Waals surface area (Å²) in [7, 11) is 1.63. The summed E-state index contributed by atoms with van der Waals surface area (Å²) in [5.41, 5.74) is 2.58. The minimum Gasteiger partial charge on any atom is -0.383 e. The molecule has 8 heteroatoms. The van der Waals surface area contributed by atoms with Crippen LogP contribution >= 0.6 is 24.8 Å². The molecule has 0 bridgehead atoms. The predicted octanol–water partition coefficient (Wildman–Crippen LogP) is 1.89. The molecule has 21 heavy (non-hydrogen) atoms. The van der Waals surface area contributed by atoms with Crippen LogP contribution in [0.15, 0.2) is 18.2 Å². The molecule has 6 nitrogen and oxygen atoms in total. The van der Waals surface area contributed by atoms with Crippen molar-refractivity contribution in [3.63, 3.8) is 0 Å². The fourth-order valence-electron chi connectivity index (χ4n) is 1.80. The average molecular weight is 335 g/mol. The predicted molar refractivity (Wildman–Crippen MR) is 88.7 cm³/mol. The van der Waals surface area contributed by atoms with Crippen LogP contribution in [0.2, 0.25) is 0 Å². The molecule has 0 aliphatic carbocycles. The Morgan fingerprint density at radius 3 is 2.86 bits per heavy atom. The quantitative estimate of drug-likeness (QED) is 0.705. The van der Waals surface area contributed by atoms with Crippen LogP contribution in [-0.2, 0) is 9.53 Å². The third-order valence-corrected chi connectivity index (χ3v) is 2.65. The Bertz CT molecular complexity index is 574. The van der Waals surface area contributed by atoms with Gasteiger partial charge in [-0.1, -0.05) is 0 Å². The molecule has 0 aliphatic heterocycles. The average Bonchev–Trinajstić information content (AvgIpc) is 2.74. The number of aromatic nitrogens is 2. The van der Waals surface area contributed by atoms with Gasteiger partial charge in [-0.3, -0.25) is 4.79 Å². The van der Waals surface area contributed by atoms with Gasteiger partial charge in [0.1, 0.15) is 5.82 Å². The van der Waals surface area contributed by atoms with Gasteiger partial charge in [0, 0.05) is 19.3 Å². The number of fused-ring (bicyclic) bond motifs is 1. The fourth-order valence-corrected chi connectivity index (χ4v) is 1.80. The number of aryl methyl sites for hydroxylation is 1. The molecule has 1 heterocycles. The molecule has 1 aromatic heterocycles. The zero-order valence-corrected chi connectivity index (χ0v) is 13.6. The van der Waals surface area contributed by atoms with Crippen LogP contribution in [0.4, 0.5) is 5.69 Å². The van der Waals surface area contributed by atoms with Crippen LogP contribution in [0.3, 0.4) is 0 Å². The maximum Gasteiger partial charge on any atom is 0.238 e. The summed E-state index contributed by atoms with van der Waals surface area (Å²) < 4.78 is 4.89. The summed E-state index contributed by atoms with van der Waals surface area (Å²) in [6.45, 7) is 3.41. The monoisotopic (exact) mass is 334 g/mol. The Hall–Kier alpha value is -1.34. The van der Waals surface area contributed by atoms with E-state index in [4.69, 9.17) is 4.74 Å². The molecule has 0 aliphatic rings. The Balaban J connectivity index is 0.00000200. The summed E-state index contributed by atoms with van der Waals surface area (Å²) >= 11 is 0. The van der Waals surface area contributed by atoms with Gasteiger partial charge in [0.15, 0.2) is 0 Å². The van der Waals surface area contributed by atoms with E-state index >= 15 is 0 Å². The van der Waals surface area contributed by atoms with Crippen molar-refractivity contribution in [2.24, 2.45) is 0 Å². The van der Waals surface area contributed by atoms with Crippen molar-refractivity contribution in [3.8, 4) is 0 Å². The van der Waals surface area contributed by atoms with Crippen molar-refractivity contribution in [2.75, 3.05) is 32.1 Å². The number of benzene rings is 1. The van der Waals surface area contributed by atoms with Crippen LogP contribution in [0, 0.1) is 6.92 Å². The minimum atomic E-state index is -0.0771. The van der Waals surface area contributed by atoms with Gasteiger partial charge in [-0.15, -0.1) is 24.8 Å². The molecule has 0 fully saturated rings. The van der Waals surface area contributed by atoms with Gasteiger partial charge in [-0.2, -0.15) is 0 Å². The van der Waals surface area contributed by atoms with Crippen molar-refractivity contribution in [1.29, 1.82) is 0 Å². The fraction of sp³-hybridized carbons (Fsp3) is 0.385. The number of aromatic amines is 1. The van der Waals surface area contributed by atoms with Crippen LogP contribution in [0.1, 0.15) is 5.82 Å². The number of ether oxygens (including phenoxy) is 1. The maximum atomic E-state index is 11.7. The number of imidazole rings is 1. The topological polar surface area (TPSA) is 79.0 Å². The molecular weight excluding hydrogens is 315 g/mol. The van der Waals surface area contributed by atoms with Gasteiger partial charge in [-0.05, 0) is 25.1 Å². The van der Waals surface area contributed by atoms with Crippen LogP contribution < -0.4 is 10.6 Å². The summed E-state index contributed by atoms with van der Waals surface area (Å²) in [4.78, 5) is 19.1. The van der Waals surface area contributed by atoms with Crippen LogP contribution in [0.25, 0.3) is 11.0 Å². The molecule has 3 N–H and O–H groups in total. The van der Waals surface area contributed by atoms with Crippen molar-refractivity contribution in [1.82, 2.24) is 15.3 Å². The number of anilines is 1. The molecule has 1 aromatic carbocycles.